The summed E-state index contributed by atoms with van der Waals surface area (Å²) >= 11 is 2.74. The van der Waals surface area contributed by atoms with Gasteiger partial charge in [-0.2, -0.15) is 15.0 Å². The van der Waals surface area contributed by atoms with Crippen molar-refractivity contribution in [1.29, 1.82) is 0 Å². The second kappa shape index (κ2) is 5.21. The third-order valence-electron chi connectivity index (χ3n) is 1.65. The average molecular weight is 270 g/mol. The molecule has 0 fully saturated rings. The van der Waals surface area contributed by atoms with E-state index < -0.39 is 0 Å². The number of aromatic nitrogens is 5. The molecule has 0 spiro atoms. The van der Waals surface area contributed by atoms with Crippen LogP contribution in [0.1, 0.15) is 0 Å². The molecule has 0 radical (unpaired) electrons. The van der Waals surface area contributed by atoms with E-state index in [1.54, 1.807) is 10.4 Å². The Kier molecular flexibility index (Phi) is 3.66. The number of nitrogen functional groups attached to an aromatic ring is 1. The molecule has 0 aliphatic heterocycles. The van der Waals surface area contributed by atoms with Crippen molar-refractivity contribution in [3.63, 3.8) is 0 Å². The van der Waals surface area contributed by atoms with E-state index in [9.17, 15) is 0 Å². The minimum atomic E-state index is 0.315. The molecule has 8 nitrogen and oxygen atoms in total. The van der Waals surface area contributed by atoms with Crippen molar-refractivity contribution in [3.05, 3.63) is 5.51 Å². The molecular formula is C7H10N8S2. The predicted molar refractivity (Wildman–Crippen MR) is 66.0 cm³/mol. The zero-order valence-corrected chi connectivity index (χ0v) is 10.8. The molecule has 2 rings (SSSR count). The van der Waals surface area contributed by atoms with E-state index in [4.69, 9.17) is 5.84 Å². The van der Waals surface area contributed by atoms with Gasteiger partial charge in [-0.25, -0.2) is 5.84 Å². The van der Waals surface area contributed by atoms with Crippen LogP contribution in [0.4, 0.5) is 11.9 Å². The highest BCUT2D eigenvalue weighted by atomic mass is 32.2. The van der Waals surface area contributed by atoms with Gasteiger partial charge < -0.3 is 4.90 Å². The Morgan fingerprint density at radius 2 is 2.18 bits per heavy atom. The number of anilines is 2. The summed E-state index contributed by atoms with van der Waals surface area (Å²) < 4.78 is 0.767. The van der Waals surface area contributed by atoms with Crippen LogP contribution >= 0.6 is 23.1 Å². The van der Waals surface area contributed by atoms with Gasteiger partial charge in [0.05, 0.1) is 0 Å². The topological polar surface area (TPSA) is 106 Å². The van der Waals surface area contributed by atoms with Crippen LogP contribution in [0.3, 0.4) is 0 Å². The van der Waals surface area contributed by atoms with Crippen LogP contribution in [0.2, 0.25) is 0 Å². The molecule has 0 aromatic carbocycles. The molecule has 10 heteroatoms. The van der Waals surface area contributed by atoms with Crippen LogP contribution < -0.4 is 16.2 Å². The summed E-state index contributed by atoms with van der Waals surface area (Å²) in [5, 5.41) is 8.17. The number of nitrogens with zero attached hydrogens (tertiary/aromatic N) is 6. The third-order valence-corrected chi connectivity index (χ3v) is 3.29. The minimum Gasteiger partial charge on any atom is -0.347 e. The highest BCUT2D eigenvalue weighted by molar-refractivity contribution is 8.00. The van der Waals surface area contributed by atoms with E-state index in [2.05, 4.69) is 30.6 Å². The molecular weight excluding hydrogens is 260 g/mol. The molecule has 2 aromatic heterocycles. The van der Waals surface area contributed by atoms with Gasteiger partial charge >= 0.3 is 0 Å². The standard InChI is InChI=1S/C7H10N8S2/c1-15(2)5-10-4(13-8)11-6(12-5)17-7-14-9-3-16-7/h3H,8H2,1-2H3,(H,10,11,12,13). The van der Waals surface area contributed by atoms with E-state index in [1.807, 2.05) is 14.1 Å². The van der Waals surface area contributed by atoms with Crippen LogP contribution in [0.15, 0.2) is 15.0 Å². The summed E-state index contributed by atoms with van der Waals surface area (Å²) in [6.07, 6.45) is 0. The first-order chi connectivity index (χ1) is 8.19. The first-order valence-corrected chi connectivity index (χ1v) is 6.22. The van der Waals surface area contributed by atoms with Crippen molar-refractivity contribution in [2.45, 2.75) is 9.50 Å². The second-order valence-corrected chi connectivity index (χ2v) is 5.13. The third kappa shape index (κ3) is 2.99. The zero-order chi connectivity index (χ0) is 12.3. The molecule has 2 aromatic rings. The van der Waals surface area contributed by atoms with Crippen molar-refractivity contribution >= 4 is 35.0 Å². The quantitative estimate of drug-likeness (QED) is 0.596. The highest BCUT2D eigenvalue weighted by Crippen LogP contribution is 2.26. The summed E-state index contributed by atoms with van der Waals surface area (Å²) in [5.74, 6) is 6.15. The number of rotatable bonds is 4. The lowest BCUT2D eigenvalue weighted by molar-refractivity contribution is 0.863. The van der Waals surface area contributed by atoms with Gasteiger partial charge in [0, 0.05) is 14.1 Å². The largest absolute Gasteiger partial charge is 0.347 e. The number of nitrogens with one attached hydrogen (secondary N) is 1. The van der Waals surface area contributed by atoms with E-state index in [1.165, 1.54) is 23.1 Å². The summed E-state index contributed by atoms with van der Waals surface area (Å²) in [5.41, 5.74) is 4.06. The molecule has 0 saturated heterocycles. The van der Waals surface area contributed by atoms with Gasteiger partial charge in [0.1, 0.15) is 5.51 Å². The van der Waals surface area contributed by atoms with E-state index in [0.29, 0.717) is 17.1 Å². The molecule has 0 bridgehead atoms. The van der Waals surface area contributed by atoms with Crippen molar-refractivity contribution in [1.82, 2.24) is 25.1 Å². The normalized spacial score (nSPS) is 10.3. The van der Waals surface area contributed by atoms with Gasteiger partial charge in [-0.15, -0.1) is 10.2 Å². The monoisotopic (exact) mass is 270 g/mol. The first-order valence-electron chi connectivity index (χ1n) is 4.53. The molecule has 0 unspecified atom stereocenters. The summed E-state index contributed by atoms with van der Waals surface area (Å²) in [7, 11) is 3.68. The fourth-order valence-electron chi connectivity index (χ4n) is 0.942. The van der Waals surface area contributed by atoms with E-state index in [0.717, 1.165) is 4.34 Å². The Hall–Kier alpha value is -1.52. The van der Waals surface area contributed by atoms with Crippen LogP contribution in [-0.4, -0.2) is 39.2 Å². The van der Waals surface area contributed by atoms with E-state index >= 15 is 0 Å². The molecule has 0 aliphatic rings. The van der Waals surface area contributed by atoms with Crippen molar-refractivity contribution in [3.8, 4) is 0 Å². The minimum absolute atomic E-state index is 0.315. The number of nitrogens with two attached hydrogens (primary N) is 1. The maximum absolute atomic E-state index is 5.31. The maximum atomic E-state index is 5.31. The molecule has 17 heavy (non-hydrogen) atoms. The van der Waals surface area contributed by atoms with Crippen molar-refractivity contribution in [2.75, 3.05) is 24.4 Å². The van der Waals surface area contributed by atoms with Gasteiger partial charge in [0.15, 0.2) is 4.34 Å². The summed E-state index contributed by atoms with van der Waals surface area (Å²) in [6.45, 7) is 0. The SMILES string of the molecule is CN(C)c1nc(NN)nc(Sc2nncs2)n1. The molecule has 0 amide bonds. The fourth-order valence-corrected chi connectivity index (χ4v) is 2.27. The van der Waals surface area contributed by atoms with E-state index in [-0.39, 0.29) is 0 Å². The van der Waals surface area contributed by atoms with Gasteiger partial charge in [0.2, 0.25) is 17.1 Å². The summed E-state index contributed by atoms with van der Waals surface area (Å²) in [6, 6.07) is 0. The fraction of sp³-hybridized carbons (Fsp3) is 0.286. The Bertz CT molecular complexity index is 485. The highest BCUT2D eigenvalue weighted by Gasteiger charge is 2.10. The lowest BCUT2D eigenvalue weighted by atomic mass is 10.8. The maximum Gasteiger partial charge on any atom is 0.242 e. The van der Waals surface area contributed by atoms with Crippen LogP contribution in [0, 0.1) is 0 Å². The Morgan fingerprint density at radius 3 is 2.76 bits per heavy atom. The molecule has 0 atom stereocenters. The predicted octanol–water partition coefficient (Wildman–Crippen LogP) is 0.226. The number of hydrogen-bond donors (Lipinski definition) is 2. The molecule has 0 saturated carbocycles. The Morgan fingerprint density at radius 1 is 1.35 bits per heavy atom. The number of hydrogen-bond acceptors (Lipinski definition) is 10. The second-order valence-electron chi connectivity index (χ2n) is 3.09. The molecule has 2 heterocycles. The summed E-state index contributed by atoms with van der Waals surface area (Å²) in [4.78, 5) is 14.3. The van der Waals surface area contributed by atoms with Gasteiger partial charge in [-0.05, 0) is 11.8 Å². The van der Waals surface area contributed by atoms with Gasteiger partial charge in [-0.3, -0.25) is 5.43 Å². The Labute approximate surface area is 106 Å². The molecule has 90 valence electrons. The van der Waals surface area contributed by atoms with Gasteiger partial charge in [-0.1, -0.05) is 11.3 Å². The average Bonchev–Trinajstić information content (AvgIpc) is 2.81. The van der Waals surface area contributed by atoms with Crippen molar-refractivity contribution in [2.24, 2.45) is 5.84 Å². The van der Waals surface area contributed by atoms with Crippen LogP contribution in [-0.2, 0) is 0 Å². The molecule has 0 aliphatic carbocycles. The smallest absolute Gasteiger partial charge is 0.242 e. The molecule has 3 N–H and O–H groups in total. The lowest BCUT2D eigenvalue weighted by Crippen LogP contribution is -2.17. The van der Waals surface area contributed by atoms with Crippen molar-refractivity contribution < 1.29 is 0 Å². The number of hydrazine groups is 1. The zero-order valence-electron chi connectivity index (χ0n) is 9.15. The lowest BCUT2D eigenvalue weighted by Gasteiger charge is -2.11. The van der Waals surface area contributed by atoms with Crippen LogP contribution in [0.25, 0.3) is 0 Å². The van der Waals surface area contributed by atoms with Crippen LogP contribution in [0.5, 0.6) is 0 Å². The Balaban J connectivity index is 2.29. The first kappa shape index (κ1) is 12.0. The van der Waals surface area contributed by atoms with Gasteiger partial charge in [0.25, 0.3) is 0 Å².